The first-order valence-corrected chi connectivity index (χ1v) is 6.17. The summed E-state index contributed by atoms with van der Waals surface area (Å²) >= 11 is 0. The average molecular weight is 311 g/mol. The predicted octanol–water partition coefficient (Wildman–Crippen LogP) is 4.16. The maximum absolute atomic E-state index is 12.7. The van der Waals surface area contributed by atoms with Crippen LogP contribution in [0.4, 0.5) is 24.5 Å². The number of carbonyl (C=O) groups is 1. The van der Waals surface area contributed by atoms with E-state index in [4.69, 9.17) is 4.74 Å². The third-order valence-electron chi connectivity index (χ3n) is 2.94. The average Bonchev–Trinajstić information content (AvgIpc) is 2.46. The van der Waals surface area contributed by atoms with E-state index in [1.165, 1.54) is 37.4 Å². The molecule has 2 N–H and O–H groups in total. The van der Waals surface area contributed by atoms with Gasteiger partial charge in [0.05, 0.1) is 23.9 Å². The largest absolute Gasteiger partial charge is 0.495 e. The Hall–Kier alpha value is -2.70. The molecular weight excluding hydrogens is 299 g/mol. The van der Waals surface area contributed by atoms with Gasteiger partial charge in [0.1, 0.15) is 5.75 Å². The number of anilines is 2. The molecule has 116 valence electrons. The van der Waals surface area contributed by atoms with Gasteiger partial charge in [0.15, 0.2) is 0 Å². The lowest BCUT2D eigenvalue weighted by Crippen LogP contribution is -2.07. The highest BCUT2D eigenvalue weighted by Crippen LogP contribution is 2.34. The summed E-state index contributed by atoms with van der Waals surface area (Å²) in [4.78, 5) is 11.2. The first-order chi connectivity index (χ1) is 10.3. The molecule has 0 spiro atoms. The van der Waals surface area contributed by atoms with Crippen molar-refractivity contribution in [3.05, 3.63) is 53.6 Å². The minimum absolute atomic E-state index is 0.0943. The van der Waals surface area contributed by atoms with Crippen LogP contribution in [0.2, 0.25) is 0 Å². The summed E-state index contributed by atoms with van der Waals surface area (Å²) in [7, 11) is 1.35. The van der Waals surface area contributed by atoms with Crippen molar-refractivity contribution in [2.75, 3.05) is 12.4 Å². The van der Waals surface area contributed by atoms with E-state index >= 15 is 0 Å². The number of halogens is 3. The maximum atomic E-state index is 12.7. The van der Waals surface area contributed by atoms with Crippen molar-refractivity contribution < 1.29 is 27.8 Å². The van der Waals surface area contributed by atoms with Crippen molar-refractivity contribution in [1.29, 1.82) is 0 Å². The number of ether oxygens (including phenoxy) is 1. The molecule has 2 aromatic rings. The maximum Gasteiger partial charge on any atom is 0.416 e. The summed E-state index contributed by atoms with van der Waals surface area (Å²) in [5, 5.41) is 11.9. The second-order valence-corrected chi connectivity index (χ2v) is 4.39. The molecule has 0 heterocycles. The normalized spacial score (nSPS) is 11.1. The van der Waals surface area contributed by atoms with E-state index < -0.39 is 17.7 Å². The number of carboxylic acid groups (broad SMARTS) is 1. The summed E-state index contributed by atoms with van der Waals surface area (Å²) in [5.41, 5.74) is -0.723. The zero-order chi connectivity index (χ0) is 16.3. The summed E-state index contributed by atoms with van der Waals surface area (Å²) < 4.78 is 43.2. The van der Waals surface area contributed by atoms with Crippen LogP contribution < -0.4 is 10.1 Å². The van der Waals surface area contributed by atoms with Gasteiger partial charge in [-0.15, -0.1) is 0 Å². The Morgan fingerprint density at radius 1 is 1.18 bits per heavy atom. The van der Waals surface area contributed by atoms with E-state index in [1.807, 2.05) is 0 Å². The fraction of sp³-hybridized carbons (Fsp3) is 0.133. The third kappa shape index (κ3) is 3.30. The van der Waals surface area contributed by atoms with E-state index in [0.717, 1.165) is 12.1 Å². The van der Waals surface area contributed by atoms with Crippen LogP contribution in [-0.2, 0) is 6.18 Å². The van der Waals surface area contributed by atoms with E-state index in [1.54, 1.807) is 0 Å². The first kappa shape index (κ1) is 15.7. The molecule has 0 aliphatic carbocycles. The Bertz CT molecular complexity index is 699. The van der Waals surface area contributed by atoms with Gasteiger partial charge in [0, 0.05) is 5.69 Å². The summed E-state index contributed by atoms with van der Waals surface area (Å²) in [5.74, 6) is -0.995. The Labute approximate surface area is 124 Å². The molecule has 0 atom stereocenters. The second kappa shape index (κ2) is 5.97. The van der Waals surface area contributed by atoms with Gasteiger partial charge in [0.2, 0.25) is 0 Å². The molecule has 2 aromatic carbocycles. The Morgan fingerprint density at radius 3 is 2.45 bits per heavy atom. The number of methoxy groups -OCH3 is 1. The smallest absolute Gasteiger partial charge is 0.416 e. The van der Waals surface area contributed by atoms with Crippen LogP contribution in [0.5, 0.6) is 5.75 Å². The number of nitrogens with one attached hydrogen (secondary N) is 1. The van der Waals surface area contributed by atoms with Gasteiger partial charge in [-0.25, -0.2) is 4.79 Å². The number of carboxylic acids is 1. The van der Waals surface area contributed by atoms with Gasteiger partial charge in [-0.1, -0.05) is 12.1 Å². The summed E-state index contributed by atoms with van der Waals surface area (Å²) in [6.07, 6.45) is -4.48. The molecule has 0 fully saturated rings. The second-order valence-electron chi connectivity index (χ2n) is 4.39. The summed E-state index contributed by atoms with van der Waals surface area (Å²) in [6.45, 7) is 0. The van der Waals surface area contributed by atoms with Crippen LogP contribution in [0.3, 0.4) is 0 Å². The van der Waals surface area contributed by atoms with E-state index in [-0.39, 0.29) is 22.7 Å². The molecule has 0 aliphatic rings. The Morgan fingerprint density at radius 2 is 1.86 bits per heavy atom. The van der Waals surface area contributed by atoms with Gasteiger partial charge in [-0.2, -0.15) is 13.2 Å². The van der Waals surface area contributed by atoms with Gasteiger partial charge in [0.25, 0.3) is 0 Å². The molecule has 0 bridgehead atoms. The highest BCUT2D eigenvalue weighted by Gasteiger charge is 2.30. The fourth-order valence-corrected chi connectivity index (χ4v) is 1.93. The van der Waals surface area contributed by atoms with Crippen molar-refractivity contribution in [2.45, 2.75) is 6.18 Å². The molecule has 0 radical (unpaired) electrons. The Kier molecular flexibility index (Phi) is 4.25. The quantitative estimate of drug-likeness (QED) is 0.890. The number of hydrogen-bond acceptors (Lipinski definition) is 3. The molecule has 0 unspecified atom stereocenters. The van der Waals surface area contributed by atoms with E-state index in [9.17, 15) is 23.1 Å². The molecule has 2 rings (SSSR count). The van der Waals surface area contributed by atoms with Crippen LogP contribution in [0.15, 0.2) is 42.5 Å². The standard InChI is InChI=1S/C15H12F3NO3/c1-22-12-7-3-6-11(14(20)21)13(12)19-10-5-2-4-9(8-10)15(16,17)18/h2-8,19H,1H3,(H,20,21). The zero-order valence-corrected chi connectivity index (χ0v) is 11.4. The van der Waals surface area contributed by atoms with Crippen LogP contribution >= 0.6 is 0 Å². The number of aromatic carboxylic acids is 1. The highest BCUT2D eigenvalue weighted by atomic mass is 19.4. The molecular formula is C15H12F3NO3. The van der Waals surface area contributed by atoms with Crippen molar-refractivity contribution in [2.24, 2.45) is 0 Å². The molecule has 4 nitrogen and oxygen atoms in total. The monoisotopic (exact) mass is 311 g/mol. The number of rotatable bonds is 4. The van der Waals surface area contributed by atoms with Crippen LogP contribution in [-0.4, -0.2) is 18.2 Å². The van der Waals surface area contributed by atoms with Crippen LogP contribution in [0, 0.1) is 0 Å². The molecule has 0 aliphatic heterocycles. The van der Waals surface area contributed by atoms with Gasteiger partial charge in [-0.3, -0.25) is 0 Å². The lowest BCUT2D eigenvalue weighted by atomic mass is 10.1. The zero-order valence-electron chi connectivity index (χ0n) is 11.4. The molecule has 0 amide bonds. The van der Waals surface area contributed by atoms with Crippen LogP contribution in [0.1, 0.15) is 15.9 Å². The number of hydrogen-bond donors (Lipinski definition) is 2. The Balaban J connectivity index is 2.45. The van der Waals surface area contributed by atoms with Gasteiger partial charge < -0.3 is 15.2 Å². The van der Waals surface area contributed by atoms with Crippen LogP contribution in [0.25, 0.3) is 0 Å². The topological polar surface area (TPSA) is 58.6 Å². The fourth-order valence-electron chi connectivity index (χ4n) is 1.93. The SMILES string of the molecule is COc1cccc(C(=O)O)c1Nc1cccc(C(F)(F)F)c1. The molecule has 0 aromatic heterocycles. The summed E-state index contributed by atoms with van der Waals surface area (Å²) in [6, 6.07) is 8.82. The van der Waals surface area contributed by atoms with Gasteiger partial charge in [-0.05, 0) is 30.3 Å². The minimum Gasteiger partial charge on any atom is -0.495 e. The molecule has 22 heavy (non-hydrogen) atoms. The number of benzene rings is 2. The van der Waals surface area contributed by atoms with E-state index in [0.29, 0.717) is 0 Å². The van der Waals surface area contributed by atoms with Crippen molar-refractivity contribution in [1.82, 2.24) is 0 Å². The first-order valence-electron chi connectivity index (χ1n) is 6.17. The predicted molar refractivity (Wildman–Crippen MR) is 74.7 cm³/mol. The lowest BCUT2D eigenvalue weighted by molar-refractivity contribution is -0.137. The minimum atomic E-state index is -4.48. The van der Waals surface area contributed by atoms with Crippen molar-refractivity contribution >= 4 is 17.3 Å². The number of alkyl halides is 3. The van der Waals surface area contributed by atoms with E-state index in [2.05, 4.69) is 5.32 Å². The molecule has 7 heteroatoms. The third-order valence-corrected chi connectivity index (χ3v) is 2.94. The molecule has 0 saturated carbocycles. The van der Waals surface area contributed by atoms with Gasteiger partial charge >= 0.3 is 12.1 Å². The molecule has 0 saturated heterocycles. The number of para-hydroxylation sites is 1. The lowest BCUT2D eigenvalue weighted by Gasteiger charge is -2.15. The van der Waals surface area contributed by atoms with Crippen molar-refractivity contribution in [3.63, 3.8) is 0 Å². The van der Waals surface area contributed by atoms with Crippen molar-refractivity contribution in [3.8, 4) is 5.75 Å². The highest BCUT2D eigenvalue weighted by molar-refractivity contribution is 5.97.